The Morgan fingerprint density at radius 1 is 1.04 bits per heavy atom. The Bertz CT molecular complexity index is 861. The predicted octanol–water partition coefficient (Wildman–Crippen LogP) is 4.89. The van der Waals surface area contributed by atoms with Gasteiger partial charge in [-0.25, -0.2) is 0 Å². The number of nitrogens with one attached hydrogen (secondary N) is 1. The molecule has 0 aliphatic heterocycles. The van der Waals surface area contributed by atoms with Gasteiger partial charge in [0.25, 0.3) is 0 Å². The van der Waals surface area contributed by atoms with Gasteiger partial charge in [0.2, 0.25) is 17.5 Å². The van der Waals surface area contributed by atoms with E-state index in [4.69, 9.17) is 4.42 Å². The first-order valence-electron chi connectivity index (χ1n) is 7.72. The Hall–Kier alpha value is -3.32. The Morgan fingerprint density at radius 3 is 2.38 bits per heavy atom. The minimum absolute atomic E-state index is 0.0113. The van der Waals surface area contributed by atoms with E-state index in [2.05, 4.69) is 16.4 Å². The lowest BCUT2D eigenvalue weighted by atomic mass is 10.1. The number of rotatable bonds is 5. The van der Waals surface area contributed by atoms with Gasteiger partial charge in [-0.2, -0.15) is 10.2 Å². The van der Waals surface area contributed by atoms with Crippen LogP contribution in [0.15, 0.2) is 65.1 Å². The Morgan fingerprint density at radius 2 is 1.71 bits per heavy atom. The molecule has 0 fully saturated rings. The van der Waals surface area contributed by atoms with E-state index in [1.54, 1.807) is 6.08 Å². The van der Waals surface area contributed by atoms with Crippen molar-refractivity contribution in [1.82, 2.24) is 4.98 Å². The first-order valence-corrected chi connectivity index (χ1v) is 7.72. The summed E-state index contributed by atoms with van der Waals surface area (Å²) in [5, 5.41) is 12.5. The average molecular weight is 315 g/mol. The molecule has 1 atom stereocenters. The maximum Gasteiger partial charge on any atom is 0.233 e. The van der Waals surface area contributed by atoms with E-state index in [0.717, 1.165) is 11.1 Å². The molecule has 0 amide bonds. The highest BCUT2D eigenvalue weighted by molar-refractivity contribution is 5.67. The third-order valence-corrected chi connectivity index (χ3v) is 3.61. The van der Waals surface area contributed by atoms with Crippen molar-refractivity contribution in [3.05, 3.63) is 83.4 Å². The standard InChI is InChI=1S/C20H17N3O/c1-15(17-10-6-3-7-11-17)22-20-18(14-21)23-19(24-20)13-12-16-8-4-2-5-9-16/h2-13,15,22H,1H3/b13-12-/t15-/m1/s1. The zero-order valence-electron chi connectivity index (χ0n) is 13.3. The molecule has 0 aliphatic rings. The second-order valence-electron chi connectivity index (χ2n) is 5.36. The molecule has 24 heavy (non-hydrogen) atoms. The van der Waals surface area contributed by atoms with Crippen LogP contribution in [0.5, 0.6) is 0 Å². The molecule has 0 aliphatic carbocycles. The first kappa shape index (κ1) is 15.6. The van der Waals surface area contributed by atoms with Crippen LogP contribution >= 0.6 is 0 Å². The van der Waals surface area contributed by atoms with Gasteiger partial charge in [-0.05, 0) is 24.1 Å². The van der Waals surface area contributed by atoms with Crippen LogP contribution in [-0.4, -0.2) is 4.98 Å². The van der Waals surface area contributed by atoms with Crippen molar-refractivity contribution in [2.45, 2.75) is 13.0 Å². The van der Waals surface area contributed by atoms with Gasteiger partial charge in [0.1, 0.15) is 6.07 Å². The van der Waals surface area contributed by atoms with Gasteiger partial charge in [0.15, 0.2) is 0 Å². The SMILES string of the molecule is C[C@@H](Nc1oc(/C=C\c2ccccc2)nc1C#N)c1ccccc1. The Labute approximate surface area is 141 Å². The van der Waals surface area contributed by atoms with Crippen LogP contribution in [0.25, 0.3) is 12.2 Å². The number of hydrogen-bond donors (Lipinski definition) is 1. The van der Waals surface area contributed by atoms with Gasteiger partial charge < -0.3 is 9.73 Å². The van der Waals surface area contributed by atoms with Crippen LogP contribution in [0.4, 0.5) is 5.88 Å². The van der Waals surface area contributed by atoms with Crippen LogP contribution < -0.4 is 5.32 Å². The summed E-state index contributed by atoms with van der Waals surface area (Å²) in [4.78, 5) is 4.21. The molecular weight excluding hydrogens is 298 g/mol. The minimum atomic E-state index is 0.0113. The largest absolute Gasteiger partial charge is 0.420 e. The van der Waals surface area contributed by atoms with Gasteiger partial charge in [0, 0.05) is 6.08 Å². The first-order chi connectivity index (χ1) is 11.8. The summed E-state index contributed by atoms with van der Waals surface area (Å²) in [6.45, 7) is 2.01. The number of hydrogen-bond acceptors (Lipinski definition) is 4. The van der Waals surface area contributed by atoms with Crippen LogP contribution in [0.1, 0.15) is 35.7 Å². The topological polar surface area (TPSA) is 61.9 Å². The van der Waals surface area contributed by atoms with Crippen LogP contribution in [-0.2, 0) is 0 Å². The smallest absolute Gasteiger partial charge is 0.233 e. The highest BCUT2D eigenvalue weighted by Gasteiger charge is 2.14. The van der Waals surface area contributed by atoms with Crippen LogP contribution in [0, 0.1) is 11.3 Å². The molecule has 0 saturated heterocycles. The zero-order chi connectivity index (χ0) is 16.8. The number of benzene rings is 2. The summed E-state index contributed by atoms with van der Waals surface area (Å²) in [6, 6.07) is 21.9. The molecule has 0 bridgehead atoms. The van der Waals surface area contributed by atoms with Crippen LogP contribution in [0.2, 0.25) is 0 Å². The second kappa shape index (κ2) is 7.30. The van der Waals surface area contributed by atoms with Crippen molar-refractivity contribution in [3.63, 3.8) is 0 Å². The monoisotopic (exact) mass is 315 g/mol. The summed E-state index contributed by atoms with van der Waals surface area (Å²) in [5.74, 6) is 0.791. The van der Waals surface area contributed by atoms with E-state index >= 15 is 0 Å². The van der Waals surface area contributed by atoms with Crippen molar-refractivity contribution < 1.29 is 4.42 Å². The Kier molecular flexibility index (Phi) is 4.73. The third-order valence-electron chi connectivity index (χ3n) is 3.61. The molecule has 1 heterocycles. The fraction of sp³-hybridized carbons (Fsp3) is 0.100. The molecular formula is C20H17N3O. The highest BCUT2D eigenvalue weighted by Crippen LogP contribution is 2.24. The van der Waals surface area contributed by atoms with Gasteiger partial charge in [-0.1, -0.05) is 60.7 Å². The number of oxazole rings is 1. The van der Waals surface area contributed by atoms with Gasteiger partial charge in [0.05, 0.1) is 6.04 Å². The number of anilines is 1. The fourth-order valence-corrected chi connectivity index (χ4v) is 2.33. The summed E-state index contributed by atoms with van der Waals surface area (Å²) in [7, 11) is 0. The lowest BCUT2D eigenvalue weighted by Gasteiger charge is -2.12. The maximum atomic E-state index is 9.26. The quantitative estimate of drug-likeness (QED) is 0.728. The molecule has 2 aromatic carbocycles. The number of nitrogens with zero attached hydrogens (tertiary/aromatic N) is 2. The van der Waals surface area contributed by atoms with Crippen molar-refractivity contribution in [1.29, 1.82) is 5.26 Å². The molecule has 118 valence electrons. The van der Waals surface area contributed by atoms with E-state index in [0.29, 0.717) is 11.8 Å². The second-order valence-corrected chi connectivity index (χ2v) is 5.36. The number of nitriles is 1. The number of aromatic nitrogens is 1. The van der Waals surface area contributed by atoms with Crippen molar-refractivity contribution >= 4 is 18.0 Å². The van der Waals surface area contributed by atoms with Crippen molar-refractivity contribution in [2.75, 3.05) is 5.32 Å². The molecule has 0 saturated carbocycles. The van der Waals surface area contributed by atoms with Crippen LogP contribution in [0.3, 0.4) is 0 Å². The average Bonchev–Trinajstić information content (AvgIpc) is 3.03. The molecule has 0 spiro atoms. The molecule has 0 radical (unpaired) electrons. The summed E-state index contributed by atoms with van der Waals surface area (Å²) in [6.07, 6.45) is 3.66. The van der Waals surface area contributed by atoms with E-state index < -0.39 is 0 Å². The normalized spacial score (nSPS) is 12.0. The van der Waals surface area contributed by atoms with E-state index in [1.165, 1.54) is 0 Å². The van der Waals surface area contributed by atoms with E-state index in [1.807, 2.05) is 73.7 Å². The zero-order valence-corrected chi connectivity index (χ0v) is 13.3. The van der Waals surface area contributed by atoms with Gasteiger partial charge >= 0.3 is 0 Å². The predicted molar refractivity (Wildman–Crippen MR) is 95.1 cm³/mol. The molecule has 1 aromatic heterocycles. The Balaban J connectivity index is 1.78. The lowest BCUT2D eigenvalue weighted by Crippen LogP contribution is -2.06. The summed E-state index contributed by atoms with van der Waals surface area (Å²) in [5.41, 5.74) is 2.41. The third kappa shape index (κ3) is 3.71. The van der Waals surface area contributed by atoms with Crippen molar-refractivity contribution in [2.24, 2.45) is 0 Å². The van der Waals surface area contributed by atoms with E-state index in [-0.39, 0.29) is 11.7 Å². The molecule has 1 N–H and O–H groups in total. The van der Waals surface area contributed by atoms with Crippen molar-refractivity contribution in [3.8, 4) is 6.07 Å². The minimum Gasteiger partial charge on any atom is -0.420 e. The summed E-state index contributed by atoms with van der Waals surface area (Å²) < 4.78 is 5.69. The molecule has 4 nitrogen and oxygen atoms in total. The summed E-state index contributed by atoms with van der Waals surface area (Å²) >= 11 is 0. The van der Waals surface area contributed by atoms with Gasteiger partial charge in [-0.3, -0.25) is 0 Å². The molecule has 3 rings (SSSR count). The van der Waals surface area contributed by atoms with E-state index in [9.17, 15) is 5.26 Å². The fourth-order valence-electron chi connectivity index (χ4n) is 2.33. The maximum absolute atomic E-state index is 9.26. The lowest BCUT2D eigenvalue weighted by molar-refractivity contribution is 0.552. The molecule has 3 aromatic rings. The highest BCUT2D eigenvalue weighted by atomic mass is 16.4. The molecule has 4 heteroatoms. The van der Waals surface area contributed by atoms with Gasteiger partial charge in [-0.15, -0.1) is 0 Å². The molecule has 0 unspecified atom stereocenters.